The molecule has 3 rings (SSSR count). The molecule has 0 amide bonds. The average Bonchev–Trinajstić information content (AvgIpc) is 2.86. The molecule has 0 unspecified atom stereocenters. The molecule has 1 fully saturated rings. The molecule has 4 nitrogen and oxygen atoms in total. The maximum Gasteiger partial charge on any atom is 0.126 e. The minimum absolute atomic E-state index is 0.638. The Morgan fingerprint density at radius 3 is 2.56 bits per heavy atom. The van der Waals surface area contributed by atoms with Gasteiger partial charge in [-0.05, 0) is 25.3 Å². The van der Waals surface area contributed by atoms with Crippen LogP contribution in [-0.2, 0) is 0 Å². The zero-order valence-corrected chi connectivity index (χ0v) is 10.4. The van der Waals surface area contributed by atoms with Gasteiger partial charge < -0.3 is 10.6 Å². The van der Waals surface area contributed by atoms with E-state index >= 15 is 0 Å². The number of aromatic amines is 1. The average molecular weight is 242 g/mol. The Hall–Kier alpha value is -1.97. The number of nitrogens with two attached hydrogens (primary N) is 1. The molecule has 0 aliphatic carbocycles. The first-order valence-electron chi connectivity index (χ1n) is 6.49. The third kappa shape index (κ3) is 1.94. The molecule has 4 heteroatoms. The summed E-state index contributed by atoms with van der Waals surface area (Å²) in [5.74, 6) is 0.638. The van der Waals surface area contributed by atoms with Gasteiger partial charge in [0.2, 0.25) is 0 Å². The molecular formula is C14H18N4. The van der Waals surface area contributed by atoms with Gasteiger partial charge in [-0.1, -0.05) is 18.2 Å². The Balaban J connectivity index is 2.02. The number of benzene rings is 1. The minimum Gasteiger partial charge on any atom is -0.384 e. The van der Waals surface area contributed by atoms with E-state index in [0.717, 1.165) is 18.7 Å². The number of nitrogens with zero attached hydrogens (tertiary/aromatic N) is 2. The van der Waals surface area contributed by atoms with Gasteiger partial charge in [0.15, 0.2) is 0 Å². The van der Waals surface area contributed by atoms with Gasteiger partial charge in [-0.3, -0.25) is 5.10 Å². The van der Waals surface area contributed by atoms with Gasteiger partial charge in [0, 0.05) is 29.9 Å². The number of H-pyrrole nitrogens is 1. The first-order chi connectivity index (χ1) is 8.86. The van der Waals surface area contributed by atoms with E-state index in [-0.39, 0.29) is 0 Å². The predicted octanol–water partition coefficient (Wildman–Crippen LogP) is 2.65. The highest BCUT2D eigenvalue weighted by atomic mass is 15.2. The van der Waals surface area contributed by atoms with Crippen LogP contribution in [0.15, 0.2) is 30.5 Å². The molecule has 0 spiro atoms. The van der Waals surface area contributed by atoms with Gasteiger partial charge in [0.1, 0.15) is 5.82 Å². The largest absolute Gasteiger partial charge is 0.384 e. The Bertz CT molecular complexity index is 526. The van der Waals surface area contributed by atoms with Crippen molar-refractivity contribution in [3.05, 3.63) is 30.5 Å². The smallest absolute Gasteiger partial charge is 0.126 e. The van der Waals surface area contributed by atoms with E-state index in [1.54, 1.807) is 6.20 Å². The van der Waals surface area contributed by atoms with Crippen LogP contribution in [0.5, 0.6) is 0 Å². The lowest BCUT2D eigenvalue weighted by molar-refractivity contribution is 0.578. The monoisotopic (exact) mass is 242 g/mol. The maximum absolute atomic E-state index is 5.93. The summed E-state index contributed by atoms with van der Waals surface area (Å²) in [6.45, 7) is 2.27. The molecule has 0 saturated carbocycles. The molecule has 0 atom stereocenters. The summed E-state index contributed by atoms with van der Waals surface area (Å²) in [4.78, 5) is 2.45. The summed E-state index contributed by atoms with van der Waals surface area (Å²) < 4.78 is 0. The Morgan fingerprint density at radius 1 is 1.06 bits per heavy atom. The number of hydrogen-bond donors (Lipinski definition) is 2. The first kappa shape index (κ1) is 11.1. The highest BCUT2D eigenvalue weighted by molar-refractivity contribution is 5.83. The van der Waals surface area contributed by atoms with Crippen LogP contribution >= 0.6 is 0 Å². The van der Waals surface area contributed by atoms with Crippen molar-refractivity contribution in [3.8, 4) is 11.1 Å². The van der Waals surface area contributed by atoms with E-state index in [0.29, 0.717) is 5.82 Å². The van der Waals surface area contributed by atoms with Gasteiger partial charge in [-0.2, -0.15) is 5.10 Å². The number of para-hydroxylation sites is 1. The molecule has 1 saturated heterocycles. The van der Waals surface area contributed by atoms with Crippen LogP contribution in [0, 0.1) is 0 Å². The molecule has 1 aromatic carbocycles. The Labute approximate surface area is 107 Å². The summed E-state index contributed by atoms with van der Waals surface area (Å²) >= 11 is 0. The third-order valence-corrected chi connectivity index (χ3v) is 3.56. The SMILES string of the molecule is Nc1[nH]ncc1-c1ccccc1N1CCCCC1. The van der Waals surface area contributed by atoms with Gasteiger partial charge in [-0.25, -0.2) is 0 Å². The van der Waals surface area contributed by atoms with E-state index < -0.39 is 0 Å². The highest BCUT2D eigenvalue weighted by Gasteiger charge is 2.16. The van der Waals surface area contributed by atoms with Gasteiger partial charge in [0.25, 0.3) is 0 Å². The molecule has 2 heterocycles. The number of hydrogen-bond acceptors (Lipinski definition) is 3. The number of nitrogens with one attached hydrogen (secondary N) is 1. The van der Waals surface area contributed by atoms with Crippen molar-refractivity contribution in [1.82, 2.24) is 10.2 Å². The summed E-state index contributed by atoms with van der Waals surface area (Å²) in [5, 5.41) is 6.82. The number of anilines is 2. The second-order valence-corrected chi connectivity index (χ2v) is 4.76. The van der Waals surface area contributed by atoms with Crippen LogP contribution < -0.4 is 10.6 Å². The van der Waals surface area contributed by atoms with Crippen LogP contribution in [0.2, 0.25) is 0 Å². The summed E-state index contributed by atoms with van der Waals surface area (Å²) in [6.07, 6.45) is 5.69. The first-order valence-corrected chi connectivity index (χ1v) is 6.49. The predicted molar refractivity (Wildman–Crippen MR) is 74.5 cm³/mol. The van der Waals surface area contributed by atoms with E-state index in [2.05, 4.69) is 39.4 Å². The van der Waals surface area contributed by atoms with Crippen LogP contribution in [-0.4, -0.2) is 23.3 Å². The Kier molecular flexibility index (Phi) is 2.92. The van der Waals surface area contributed by atoms with Crippen molar-refractivity contribution >= 4 is 11.5 Å². The topological polar surface area (TPSA) is 57.9 Å². The number of nitrogen functional groups attached to an aromatic ring is 1. The number of piperidine rings is 1. The molecule has 1 aliphatic heterocycles. The molecule has 3 N–H and O–H groups in total. The Morgan fingerprint density at radius 2 is 1.83 bits per heavy atom. The van der Waals surface area contributed by atoms with E-state index in [1.807, 2.05) is 0 Å². The summed E-state index contributed by atoms with van der Waals surface area (Å²) in [7, 11) is 0. The molecule has 1 aliphatic rings. The van der Waals surface area contributed by atoms with Crippen molar-refractivity contribution in [2.24, 2.45) is 0 Å². The van der Waals surface area contributed by atoms with Crippen LogP contribution in [0.1, 0.15) is 19.3 Å². The lowest BCUT2D eigenvalue weighted by atomic mass is 10.0. The zero-order valence-electron chi connectivity index (χ0n) is 10.4. The van der Waals surface area contributed by atoms with Crippen LogP contribution in [0.4, 0.5) is 11.5 Å². The second kappa shape index (κ2) is 4.72. The summed E-state index contributed by atoms with van der Waals surface area (Å²) in [6, 6.07) is 8.43. The fourth-order valence-corrected chi connectivity index (χ4v) is 2.62. The highest BCUT2D eigenvalue weighted by Crippen LogP contribution is 2.34. The quantitative estimate of drug-likeness (QED) is 0.851. The van der Waals surface area contributed by atoms with Gasteiger partial charge in [0.05, 0.1) is 6.20 Å². The fourth-order valence-electron chi connectivity index (χ4n) is 2.62. The van der Waals surface area contributed by atoms with Crippen LogP contribution in [0.25, 0.3) is 11.1 Å². The van der Waals surface area contributed by atoms with Crippen LogP contribution in [0.3, 0.4) is 0 Å². The molecule has 18 heavy (non-hydrogen) atoms. The van der Waals surface area contributed by atoms with Crippen molar-refractivity contribution in [2.75, 3.05) is 23.7 Å². The van der Waals surface area contributed by atoms with E-state index in [4.69, 9.17) is 5.73 Å². The van der Waals surface area contributed by atoms with E-state index in [1.165, 1.54) is 30.5 Å². The molecule has 94 valence electrons. The molecular weight excluding hydrogens is 224 g/mol. The van der Waals surface area contributed by atoms with Gasteiger partial charge in [-0.15, -0.1) is 0 Å². The molecule has 0 bridgehead atoms. The molecule has 2 aromatic rings. The summed E-state index contributed by atoms with van der Waals surface area (Å²) in [5.41, 5.74) is 9.37. The number of rotatable bonds is 2. The number of aromatic nitrogens is 2. The van der Waals surface area contributed by atoms with Crippen molar-refractivity contribution < 1.29 is 0 Å². The normalized spacial score (nSPS) is 15.9. The van der Waals surface area contributed by atoms with E-state index in [9.17, 15) is 0 Å². The van der Waals surface area contributed by atoms with Crippen molar-refractivity contribution in [2.45, 2.75) is 19.3 Å². The standard InChI is InChI=1S/C14H18N4/c15-14-12(10-16-17-14)11-6-2-3-7-13(11)18-8-4-1-5-9-18/h2-3,6-7,10H,1,4-5,8-9H2,(H3,15,16,17). The van der Waals surface area contributed by atoms with Gasteiger partial charge >= 0.3 is 0 Å². The third-order valence-electron chi connectivity index (χ3n) is 3.56. The lowest BCUT2D eigenvalue weighted by Gasteiger charge is -2.30. The van der Waals surface area contributed by atoms with Crippen molar-refractivity contribution in [3.63, 3.8) is 0 Å². The lowest BCUT2D eigenvalue weighted by Crippen LogP contribution is -2.29. The zero-order chi connectivity index (χ0) is 12.4. The fraction of sp³-hybridized carbons (Fsp3) is 0.357. The maximum atomic E-state index is 5.93. The van der Waals surface area contributed by atoms with Crippen molar-refractivity contribution in [1.29, 1.82) is 0 Å². The second-order valence-electron chi connectivity index (χ2n) is 4.76. The molecule has 0 radical (unpaired) electrons. The minimum atomic E-state index is 0.638. The molecule has 1 aromatic heterocycles.